The van der Waals surface area contributed by atoms with E-state index in [1.54, 1.807) is 32.4 Å². The minimum Gasteiger partial charge on any atom is -0.497 e. The van der Waals surface area contributed by atoms with Crippen LogP contribution in [-0.4, -0.2) is 27.5 Å². The topological polar surface area (TPSA) is 84.5 Å². The number of hydrogen-bond donors (Lipinski definition) is 2. The summed E-state index contributed by atoms with van der Waals surface area (Å²) >= 11 is 1.11. The van der Waals surface area contributed by atoms with Gasteiger partial charge in [0.1, 0.15) is 16.0 Å². The summed E-state index contributed by atoms with van der Waals surface area (Å²) in [5, 5.41) is 4.46. The molecular weight excluding hydrogens is 360 g/mol. The lowest BCUT2D eigenvalue weighted by atomic mass is 10.0. The Balaban J connectivity index is 2.05. The fraction of sp³-hybridized carbons (Fsp3) is 0.353. The first-order valence-electron chi connectivity index (χ1n) is 7.80. The van der Waals surface area contributed by atoms with Crippen molar-refractivity contribution in [2.24, 2.45) is 5.92 Å². The van der Waals surface area contributed by atoms with E-state index in [2.05, 4.69) is 10.0 Å². The van der Waals surface area contributed by atoms with Crippen molar-refractivity contribution in [1.29, 1.82) is 0 Å². The molecule has 0 radical (unpaired) electrons. The molecule has 2 rings (SSSR count). The van der Waals surface area contributed by atoms with Gasteiger partial charge >= 0.3 is 0 Å². The molecule has 2 aromatic rings. The Hall–Kier alpha value is -1.90. The van der Waals surface area contributed by atoms with Crippen LogP contribution in [0.5, 0.6) is 5.75 Å². The number of thiophene rings is 1. The van der Waals surface area contributed by atoms with Gasteiger partial charge in [0, 0.05) is 6.54 Å². The molecule has 0 aliphatic heterocycles. The van der Waals surface area contributed by atoms with Gasteiger partial charge in [-0.25, -0.2) is 8.42 Å². The molecule has 1 amide bonds. The first-order valence-corrected chi connectivity index (χ1v) is 10.2. The highest BCUT2D eigenvalue weighted by molar-refractivity contribution is 7.91. The van der Waals surface area contributed by atoms with Crippen LogP contribution in [0.3, 0.4) is 0 Å². The maximum Gasteiger partial charge on any atom is 0.250 e. The number of carbonyl (C=O) groups is 1. The molecule has 0 unspecified atom stereocenters. The molecule has 0 bridgehead atoms. The molecule has 136 valence electrons. The van der Waals surface area contributed by atoms with Gasteiger partial charge in [-0.1, -0.05) is 32.0 Å². The lowest BCUT2D eigenvalue weighted by Gasteiger charge is -2.21. The molecule has 0 aliphatic carbocycles. The Kier molecular flexibility index (Phi) is 6.57. The van der Waals surface area contributed by atoms with Crippen LogP contribution in [0.25, 0.3) is 0 Å². The number of hydrogen-bond acceptors (Lipinski definition) is 5. The largest absolute Gasteiger partial charge is 0.497 e. The van der Waals surface area contributed by atoms with E-state index in [1.165, 1.54) is 6.07 Å². The van der Waals surface area contributed by atoms with Crippen LogP contribution in [0.4, 0.5) is 0 Å². The van der Waals surface area contributed by atoms with Crippen molar-refractivity contribution in [1.82, 2.24) is 10.0 Å². The van der Waals surface area contributed by atoms with Crippen molar-refractivity contribution in [2.45, 2.75) is 30.6 Å². The van der Waals surface area contributed by atoms with Crippen molar-refractivity contribution < 1.29 is 17.9 Å². The Labute approximate surface area is 152 Å². The molecule has 25 heavy (non-hydrogen) atoms. The maximum atomic E-state index is 12.5. The predicted molar refractivity (Wildman–Crippen MR) is 98.1 cm³/mol. The standard InChI is InChI=1S/C17H22N2O4S2/c1-12(2)16(19-25(21,22)15-8-5-9-24-15)17(20)18-11-13-6-4-7-14(10-13)23-3/h4-10,12,16,19H,11H2,1-3H3,(H,18,20)/t16-/m0/s1. The Bertz CT molecular complexity index is 802. The maximum absolute atomic E-state index is 12.5. The molecule has 1 aromatic carbocycles. The third-order valence-electron chi connectivity index (χ3n) is 3.59. The van der Waals surface area contributed by atoms with Crippen LogP contribution in [0, 0.1) is 5.92 Å². The molecular formula is C17H22N2O4S2. The number of ether oxygens (including phenoxy) is 1. The minimum atomic E-state index is -3.71. The molecule has 8 heteroatoms. The second-order valence-electron chi connectivity index (χ2n) is 5.84. The smallest absolute Gasteiger partial charge is 0.250 e. The predicted octanol–water partition coefficient (Wildman–Crippen LogP) is 2.38. The molecule has 0 saturated heterocycles. The molecule has 0 spiro atoms. The lowest BCUT2D eigenvalue weighted by molar-refractivity contribution is -0.123. The summed E-state index contributed by atoms with van der Waals surface area (Å²) in [7, 11) is -2.14. The van der Waals surface area contributed by atoms with Gasteiger partial charge in [-0.15, -0.1) is 11.3 Å². The molecule has 6 nitrogen and oxygen atoms in total. The van der Waals surface area contributed by atoms with Crippen LogP contribution in [0.15, 0.2) is 46.0 Å². The van der Waals surface area contributed by atoms with E-state index >= 15 is 0 Å². The lowest BCUT2D eigenvalue weighted by Crippen LogP contribution is -2.49. The number of methoxy groups -OCH3 is 1. The van der Waals surface area contributed by atoms with Gasteiger partial charge in [-0.05, 0) is 35.1 Å². The highest BCUT2D eigenvalue weighted by atomic mass is 32.2. The highest BCUT2D eigenvalue weighted by Gasteiger charge is 2.28. The van der Waals surface area contributed by atoms with Gasteiger partial charge in [0.15, 0.2) is 0 Å². The van der Waals surface area contributed by atoms with Gasteiger partial charge in [-0.2, -0.15) is 4.72 Å². The molecule has 0 aliphatic rings. The number of benzene rings is 1. The molecule has 0 saturated carbocycles. The average Bonchev–Trinajstić information content (AvgIpc) is 3.13. The molecule has 1 atom stereocenters. The van der Waals surface area contributed by atoms with Crippen molar-refractivity contribution >= 4 is 27.3 Å². The van der Waals surface area contributed by atoms with Crippen LogP contribution >= 0.6 is 11.3 Å². The van der Waals surface area contributed by atoms with Gasteiger partial charge in [-0.3, -0.25) is 4.79 Å². The molecule has 0 fully saturated rings. The summed E-state index contributed by atoms with van der Waals surface area (Å²) in [5.41, 5.74) is 0.872. The van der Waals surface area contributed by atoms with E-state index < -0.39 is 16.1 Å². The van der Waals surface area contributed by atoms with Gasteiger partial charge in [0.2, 0.25) is 5.91 Å². The van der Waals surface area contributed by atoms with Crippen LogP contribution in [0.2, 0.25) is 0 Å². The summed E-state index contributed by atoms with van der Waals surface area (Å²) in [6.07, 6.45) is 0. The van der Waals surface area contributed by atoms with Crippen LogP contribution in [0.1, 0.15) is 19.4 Å². The summed E-state index contributed by atoms with van der Waals surface area (Å²) < 4.78 is 32.6. The zero-order chi connectivity index (χ0) is 18.4. The second kappa shape index (κ2) is 8.46. The Morgan fingerprint density at radius 2 is 2.00 bits per heavy atom. The number of rotatable bonds is 8. The fourth-order valence-electron chi connectivity index (χ4n) is 2.22. The number of amides is 1. The average molecular weight is 383 g/mol. The van der Waals surface area contributed by atoms with E-state index in [0.717, 1.165) is 16.9 Å². The zero-order valence-corrected chi connectivity index (χ0v) is 16.0. The first kappa shape index (κ1) is 19.4. The van der Waals surface area contributed by atoms with E-state index in [-0.39, 0.29) is 16.0 Å². The summed E-state index contributed by atoms with van der Waals surface area (Å²) in [4.78, 5) is 12.5. The zero-order valence-electron chi connectivity index (χ0n) is 14.4. The van der Waals surface area contributed by atoms with Gasteiger partial charge in [0.25, 0.3) is 10.0 Å². The third-order valence-corrected chi connectivity index (χ3v) is 6.43. The summed E-state index contributed by atoms with van der Waals surface area (Å²) in [6.45, 7) is 3.89. The first-order chi connectivity index (χ1) is 11.8. The van der Waals surface area contributed by atoms with E-state index in [4.69, 9.17) is 4.74 Å². The van der Waals surface area contributed by atoms with E-state index in [9.17, 15) is 13.2 Å². The monoisotopic (exact) mass is 382 g/mol. The Morgan fingerprint density at radius 3 is 2.60 bits per heavy atom. The normalized spacial score (nSPS) is 12.8. The van der Waals surface area contributed by atoms with E-state index in [0.29, 0.717) is 12.3 Å². The quantitative estimate of drug-likeness (QED) is 0.734. The highest BCUT2D eigenvalue weighted by Crippen LogP contribution is 2.17. The molecule has 1 heterocycles. The summed E-state index contributed by atoms with van der Waals surface area (Å²) in [6, 6.07) is 9.66. The SMILES string of the molecule is COc1cccc(CNC(=O)[C@@H](NS(=O)(=O)c2cccs2)C(C)C)c1. The molecule has 2 N–H and O–H groups in total. The van der Waals surface area contributed by atoms with E-state index in [1.807, 2.05) is 24.3 Å². The third kappa shape index (κ3) is 5.29. The molecule has 1 aromatic heterocycles. The number of nitrogens with one attached hydrogen (secondary N) is 2. The van der Waals surface area contributed by atoms with Gasteiger partial charge < -0.3 is 10.1 Å². The second-order valence-corrected chi connectivity index (χ2v) is 8.73. The van der Waals surface area contributed by atoms with Crippen molar-refractivity contribution in [3.8, 4) is 5.75 Å². The fourth-order valence-corrected chi connectivity index (χ4v) is 4.57. The number of carbonyl (C=O) groups excluding carboxylic acids is 1. The van der Waals surface area contributed by atoms with Gasteiger partial charge in [0.05, 0.1) is 7.11 Å². The number of sulfonamides is 1. The minimum absolute atomic E-state index is 0.193. The van der Waals surface area contributed by atoms with Crippen molar-refractivity contribution in [3.63, 3.8) is 0 Å². The van der Waals surface area contributed by atoms with Crippen LogP contribution in [-0.2, 0) is 21.4 Å². The Morgan fingerprint density at radius 1 is 1.24 bits per heavy atom. The van der Waals surface area contributed by atoms with Crippen molar-refractivity contribution in [2.75, 3.05) is 7.11 Å². The summed E-state index contributed by atoms with van der Waals surface area (Å²) in [5.74, 6) is 0.142. The van der Waals surface area contributed by atoms with Crippen LogP contribution < -0.4 is 14.8 Å². The van der Waals surface area contributed by atoms with Crippen molar-refractivity contribution in [3.05, 3.63) is 47.3 Å².